The van der Waals surface area contributed by atoms with Gasteiger partial charge >= 0.3 is 0 Å². The highest BCUT2D eigenvalue weighted by atomic mass is 16.5. The van der Waals surface area contributed by atoms with E-state index in [1.54, 1.807) is 14.0 Å². The number of hydrogen-bond acceptors (Lipinski definition) is 4. The van der Waals surface area contributed by atoms with Crippen molar-refractivity contribution in [1.29, 1.82) is 0 Å². The summed E-state index contributed by atoms with van der Waals surface area (Å²) in [4.78, 5) is 12.0. The number of hydrazone groups is 1. The monoisotopic (exact) mass is 364 g/mol. The van der Waals surface area contributed by atoms with Gasteiger partial charge in [-0.3, -0.25) is 9.80 Å². The minimum Gasteiger partial charge on any atom is -0.497 e. The van der Waals surface area contributed by atoms with Crippen molar-refractivity contribution in [3.8, 4) is 5.75 Å². The highest BCUT2D eigenvalue weighted by molar-refractivity contribution is 5.81. The molecule has 1 unspecified atom stereocenters. The predicted octanol–water partition coefficient (Wildman–Crippen LogP) is 4.26. The van der Waals surface area contributed by atoms with Crippen LogP contribution in [0.2, 0.25) is 0 Å². The maximum Gasteiger partial charge on any atom is 0.153 e. The highest BCUT2D eigenvalue weighted by Gasteiger charge is 2.22. The van der Waals surface area contributed by atoms with Crippen molar-refractivity contribution in [2.24, 2.45) is 5.10 Å². The van der Waals surface area contributed by atoms with Crippen molar-refractivity contribution in [3.63, 3.8) is 0 Å². The molecule has 1 aliphatic heterocycles. The van der Waals surface area contributed by atoms with E-state index in [2.05, 4.69) is 41.5 Å². The average molecular weight is 364 g/mol. The third-order valence-electron chi connectivity index (χ3n) is 5.14. The molecule has 0 saturated carbocycles. The minimum atomic E-state index is -0.0856. The summed E-state index contributed by atoms with van der Waals surface area (Å²) in [7, 11) is 1.69. The van der Waals surface area contributed by atoms with Gasteiger partial charge in [0.2, 0.25) is 0 Å². The van der Waals surface area contributed by atoms with Gasteiger partial charge in [-0.2, -0.15) is 5.10 Å². The van der Waals surface area contributed by atoms with Gasteiger partial charge < -0.3 is 4.74 Å². The summed E-state index contributed by atoms with van der Waals surface area (Å²) in [5.41, 5.74) is 3.98. The lowest BCUT2D eigenvalue weighted by Gasteiger charge is -2.24. The van der Waals surface area contributed by atoms with Gasteiger partial charge in [0.25, 0.3) is 0 Å². The molecule has 142 valence electrons. The fourth-order valence-electron chi connectivity index (χ4n) is 3.63. The van der Waals surface area contributed by atoms with Crippen molar-refractivity contribution >= 4 is 12.0 Å². The number of aryl methyl sites for hydroxylation is 1. The Balaban J connectivity index is 1.61. The first-order valence-corrected chi connectivity index (χ1v) is 9.66. The van der Waals surface area contributed by atoms with E-state index in [0.717, 1.165) is 44.4 Å². The molecule has 0 bridgehead atoms. The number of benzene rings is 2. The van der Waals surface area contributed by atoms with Gasteiger partial charge in [0, 0.05) is 19.2 Å². The van der Waals surface area contributed by atoms with Crippen molar-refractivity contribution in [2.45, 2.75) is 45.1 Å². The highest BCUT2D eigenvalue weighted by Crippen LogP contribution is 2.20. The molecule has 1 heterocycles. The van der Waals surface area contributed by atoms with E-state index >= 15 is 0 Å². The van der Waals surface area contributed by atoms with Gasteiger partial charge in [-0.05, 0) is 61.4 Å². The molecular weight excluding hydrogens is 336 g/mol. The van der Waals surface area contributed by atoms with E-state index in [9.17, 15) is 4.79 Å². The second-order valence-corrected chi connectivity index (χ2v) is 7.06. The zero-order valence-electron chi connectivity index (χ0n) is 16.2. The Bertz CT molecular complexity index is 783. The van der Waals surface area contributed by atoms with Crippen molar-refractivity contribution in [3.05, 3.63) is 65.2 Å². The van der Waals surface area contributed by atoms with Crippen LogP contribution in [-0.4, -0.2) is 36.7 Å². The Hall–Kier alpha value is -2.62. The lowest BCUT2D eigenvalue weighted by molar-refractivity contribution is -0.122. The number of ketones is 1. The summed E-state index contributed by atoms with van der Waals surface area (Å²) in [5.74, 6) is 1.09. The van der Waals surface area contributed by atoms with Crippen LogP contribution in [0.3, 0.4) is 0 Å². The fraction of sp³-hybridized carbons (Fsp3) is 0.391. The zero-order valence-corrected chi connectivity index (χ0v) is 16.2. The molecule has 1 aliphatic rings. The van der Waals surface area contributed by atoms with Crippen molar-refractivity contribution < 1.29 is 9.53 Å². The Morgan fingerprint density at radius 2 is 1.89 bits per heavy atom. The number of Topliss-reactive ketones (excluding diaryl/α,β-unsaturated/α-hetero) is 1. The van der Waals surface area contributed by atoms with Gasteiger partial charge in [0.05, 0.1) is 7.11 Å². The number of nitrogens with zero attached hydrogens (tertiary/aromatic N) is 2. The molecule has 1 atom stereocenters. The molecule has 0 saturated heterocycles. The molecule has 2 aromatic rings. The second kappa shape index (κ2) is 9.36. The molecule has 4 heteroatoms. The third-order valence-corrected chi connectivity index (χ3v) is 5.14. The Labute approximate surface area is 161 Å². The molecular formula is C23H28N2O2. The Kier molecular flexibility index (Phi) is 6.64. The molecule has 0 aliphatic carbocycles. The van der Waals surface area contributed by atoms with Gasteiger partial charge in [0.1, 0.15) is 11.8 Å². The summed E-state index contributed by atoms with van der Waals surface area (Å²) in [6.45, 7) is 2.54. The SMILES string of the molecule is COc1ccc(Cc2ccccc2CCCC(C(C)=O)N2CCC=N2)cc1. The number of carbonyl (C=O) groups excluding carboxylic acids is 1. The topological polar surface area (TPSA) is 41.9 Å². The van der Waals surface area contributed by atoms with E-state index < -0.39 is 0 Å². The molecule has 0 fully saturated rings. The number of methoxy groups -OCH3 is 1. The molecule has 4 nitrogen and oxygen atoms in total. The van der Waals surface area contributed by atoms with Crippen LogP contribution in [0.15, 0.2) is 53.6 Å². The number of rotatable bonds is 9. The van der Waals surface area contributed by atoms with Gasteiger partial charge in [-0.15, -0.1) is 0 Å². The average Bonchev–Trinajstić information content (AvgIpc) is 3.21. The molecule has 0 amide bonds. The normalized spacial score (nSPS) is 14.4. The van der Waals surface area contributed by atoms with Crippen LogP contribution in [-0.2, 0) is 17.6 Å². The van der Waals surface area contributed by atoms with E-state index in [1.807, 2.05) is 23.4 Å². The van der Waals surface area contributed by atoms with Crippen LogP contribution >= 0.6 is 0 Å². The summed E-state index contributed by atoms with van der Waals surface area (Å²) in [5, 5.41) is 6.30. The van der Waals surface area contributed by atoms with Crippen molar-refractivity contribution in [2.75, 3.05) is 13.7 Å². The van der Waals surface area contributed by atoms with E-state index in [4.69, 9.17) is 4.74 Å². The van der Waals surface area contributed by atoms with Gasteiger partial charge in [-0.1, -0.05) is 36.4 Å². The van der Waals surface area contributed by atoms with E-state index in [-0.39, 0.29) is 11.8 Å². The molecule has 27 heavy (non-hydrogen) atoms. The van der Waals surface area contributed by atoms with Gasteiger partial charge in [0.15, 0.2) is 5.78 Å². The summed E-state index contributed by atoms with van der Waals surface area (Å²) in [6, 6.07) is 16.8. The number of ether oxygens (including phenoxy) is 1. The fourth-order valence-corrected chi connectivity index (χ4v) is 3.63. The second-order valence-electron chi connectivity index (χ2n) is 7.06. The Morgan fingerprint density at radius 3 is 2.52 bits per heavy atom. The maximum absolute atomic E-state index is 12.0. The van der Waals surface area contributed by atoms with Crippen LogP contribution in [0.1, 0.15) is 42.9 Å². The number of hydrogen-bond donors (Lipinski definition) is 0. The lowest BCUT2D eigenvalue weighted by atomic mass is 9.95. The maximum atomic E-state index is 12.0. The van der Waals surface area contributed by atoms with E-state index in [1.165, 1.54) is 16.7 Å². The van der Waals surface area contributed by atoms with Crippen LogP contribution < -0.4 is 4.74 Å². The lowest BCUT2D eigenvalue weighted by Crippen LogP contribution is -2.35. The van der Waals surface area contributed by atoms with E-state index in [0.29, 0.717) is 0 Å². The first kappa shape index (κ1) is 19.2. The van der Waals surface area contributed by atoms with Crippen molar-refractivity contribution in [1.82, 2.24) is 5.01 Å². The summed E-state index contributed by atoms with van der Waals surface area (Å²) >= 11 is 0. The predicted molar refractivity (Wildman–Crippen MR) is 109 cm³/mol. The first-order valence-electron chi connectivity index (χ1n) is 9.66. The molecule has 0 N–H and O–H groups in total. The van der Waals surface area contributed by atoms with Crippen LogP contribution in [0.5, 0.6) is 5.75 Å². The van der Waals surface area contributed by atoms with Crippen LogP contribution in [0.4, 0.5) is 0 Å². The van der Waals surface area contributed by atoms with Crippen LogP contribution in [0, 0.1) is 0 Å². The quantitative estimate of drug-likeness (QED) is 0.668. The number of carbonyl (C=O) groups is 1. The largest absolute Gasteiger partial charge is 0.497 e. The molecule has 0 aromatic heterocycles. The first-order chi connectivity index (χ1) is 13.2. The van der Waals surface area contributed by atoms with Crippen LogP contribution in [0.25, 0.3) is 0 Å². The minimum absolute atomic E-state index is 0.0856. The molecule has 2 aromatic carbocycles. The molecule has 3 rings (SSSR count). The zero-order chi connectivity index (χ0) is 19.1. The third kappa shape index (κ3) is 5.19. The molecule has 0 spiro atoms. The van der Waals surface area contributed by atoms with Gasteiger partial charge in [-0.25, -0.2) is 0 Å². The Morgan fingerprint density at radius 1 is 1.15 bits per heavy atom. The standard InChI is InChI=1S/C23H28N2O2/c1-18(26)23(25-16-6-15-24-25)10-5-9-20-7-3-4-8-21(20)17-19-11-13-22(27-2)14-12-19/h3-4,7-8,11-15,23H,5-6,9-10,16-17H2,1-2H3. The molecule has 0 radical (unpaired) electrons. The summed E-state index contributed by atoms with van der Waals surface area (Å²) < 4.78 is 5.24. The smallest absolute Gasteiger partial charge is 0.153 e. The summed E-state index contributed by atoms with van der Waals surface area (Å²) in [6.07, 6.45) is 6.56.